The number of amides is 2. The van der Waals surface area contributed by atoms with Gasteiger partial charge in [-0.1, -0.05) is 44.2 Å². The molecule has 0 fully saturated rings. The van der Waals surface area contributed by atoms with Crippen molar-refractivity contribution in [3.05, 3.63) is 60.2 Å². The third-order valence-corrected chi connectivity index (χ3v) is 7.29. The van der Waals surface area contributed by atoms with Gasteiger partial charge >= 0.3 is 0 Å². The molecule has 0 aliphatic rings. The molecule has 2 aromatic carbocycles. The lowest BCUT2D eigenvalue weighted by Gasteiger charge is -2.32. The Morgan fingerprint density at radius 2 is 1.64 bits per heavy atom. The summed E-state index contributed by atoms with van der Waals surface area (Å²) in [4.78, 5) is 28.1. The van der Waals surface area contributed by atoms with Crippen molar-refractivity contribution in [2.75, 3.05) is 24.2 Å². The van der Waals surface area contributed by atoms with Crippen molar-refractivity contribution in [2.24, 2.45) is 0 Å². The van der Waals surface area contributed by atoms with Crippen LogP contribution in [0.4, 0.5) is 5.69 Å². The van der Waals surface area contributed by atoms with Gasteiger partial charge in [0.05, 0.1) is 19.1 Å². The maximum absolute atomic E-state index is 13.4. The Hall–Kier alpha value is -3.07. The minimum Gasteiger partial charge on any atom is -0.497 e. The highest BCUT2D eigenvalue weighted by Gasteiger charge is 2.29. The second-order valence-corrected chi connectivity index (χ2v) is 10.8. The number of rotatable bonds is 14. The van der Waals surface area contributed by atoms with E-state index in [1.165, 1.54) is 4.31 Å². The molecule has 1 N–H and O–H groups in total. The average Bonchev–Trinajstić information content (AvgIpc) is 2.86. The Balaban J connectivity index is 2.18. The van der Waals surface area contributed by atoms with E-state index in [0.717, 1.165) is 18.2 Å². The summed E-state index contributed by atoms with van der Waals surface area (Å²) in [5, 5.41) is 3.00. The van der Waals surface area contributed by atoms with Crippen LogP contribution in [0.1, 0.15) is 52.0 Å². The van der Waals surface area contributed by atoms with Crippen LogP contribution in [-0.2, 0) is 26.2 Å². The number of ether oxygens (including phenoxy) is 1. The summed E-state index contributed by atoms with van der Waals surface area (Å²) in [7, 11) is -2.01. The minimum atomic E-state index is -3.55. The van der Waals surface area contributed by atoms with Gasteiger partial charge in [-0.15, -0.1) is 0 Å². The van der Waals surface area contributed by atoms with Crippen LogP contribution < -0.4 is 14.4 Å². The first-order valence-corrected chi connectivity index (χ1v) is 14.2. The minimum absolute atomic E-state index is 0.00745. The standard InChI is InChI=1S/C27H39N3O5S/c1-6-21(3)28-27(32)25(7-2)29(20-22-12-9-8-10-13-22)26(31)14-11-19-30(36(5,33)34)23-15-17-24(35-4)18-16-23/h8-10,12-13,15-18,21,25H,6-7,11,14,19-20H2,1-5H3,(H,28,32)/t21-,25+/m1/s1. The predicted octanol–water partition coefficient (Wildman–Crippen LogP) is 3.96. The summed E-state index contributed by atoms with van der Waals surface area (Å²) in [6.07, 6.45) is 2.84. The zero-order chi connectivity index (χ0) is 26.7. The van der Waals surface area contributed by atoms with E-state index < -0.39 is 16.1 Å². The molecule has 36 heavy (non-hydrogen) atoms. The number of nitrogens with zero attached hydrogens (tertiary/aromatic N) is 2. The summed E-state index contributed by atoms with van der Waals surface area (Å²) >= 11 is 0. The molecule has 0 spiro atoms. The highest BCUT2D eigenvalue weighted by Crippen LogP contribution is 2.22. The highest BCUT2D eigenvalue weighted by molar-refractivity contribution is 7.92. The summed E-state index contributed by atoms with van der Waals surface area (Å²) in [6.45, 7) is 6.27. The van der Waals surface area contributed by atoms with Gasteiger partial charge in [-0.25, -0.2) is 8.42 Å². The molecular formula is C27H39N3O5S. The highest BCUT2D eigenvalue weighted by atomic mass is 32.2. The van der Waals surface area contributed by atoms with Crippen molar-refractivity contribution >= 4 is 27.5 Å². The van der Waals surface area contributed by atoms with E-state index in [2.05, 4.69) is 5.32 Å². The van der Waals surface area contributed by atoms with Crippen LogP contribution in [-0.4, -0.2) is 57.1 Å². The number of carbonyl (C=O) groups excluding carboxylic acids is 2. The van der Waals surface area contributed by atoms with Gasteiger partial charge in [0, 0.05) is 25.6 Å². The van der Waals surface area contributed by atoms with Crippen LogP contribution in [0, 0.1) is 0 Å². The Morgan fingerprint density at radius 1 is 1.00 bits per heavy atom. The van der Waals surface area contributed by atoms with Crippen molar-refractivity contribution in [3.8, 4) is 5.75 Å². The Bertz CT molecular complexity index is 1070. The molecule has 2 aromatic rings. The maximum atomic E-state index is 13.4. The van der Waals surface area contributed by atoms with E-state index >= 15 is 0 Å². The van der Waals surface area contributed by atoms with Crippen molar-refractivity contribution in [2.45, 2.75) is 65.1 Å². The molecule has 0 radical (unpaired) electrons. The van der Waals surface area contributed by atoms with Crippen LogP contribution in [0.2, 0.25) is 0 Å². The lowest BCUT2D eigenvalue weighted by molar-refractivity contribution is -0.141. The monoisotopic (exact) mass is 517 g/mol. The molecule has 0 bridgehead atoms. The van der Waals surface area contributed by atoms with Gasteiger partial charge in [0.25, 0.3) is 0 Å². The van der Waals surface area contributed by atoms with E-state index in [4.69, 9.17) is 4.74 Å². The molecule has 0 unspecified atom stereocenters. The number of sulfonamides is 1. The lowest BCUT2D eigenvalue weighted by Crippen LogP contribution is -2.50. The molecule has 2 rings (SSSR count). The number of benzene rings is 2. The molecule has 9 heteroatoms. The molecule has 8 nitrogen and oxygen atoms in total. The third kappa shape index (κ3) is 8.55. The van der Waals surface area contributed by atoms with Crippen LogP contribution in [0.25, 0.3) is 0 Å². The van der Waals surface area contributed by atoms with Crippen molar-refractivity contribution in [3.63, 3.8) is 0 Å². The molecule has 0 saturated heterocycles. The average molecular weight is 518 g/mol. The van der Waals surface area contributed by atoms with Crippen LogP contribution in [0.5, 0.6) is 5.75 Å². The van der Waals surface area contributed by atoms with Crippen molar-refractivity contribution in [1.29, 1.82) is 0 Å². The second kappa shape index (κ2) is 13.9. The first kappa shape index (κ1) is 29.2. The van der Waals surface area contributed by atoms with Crippen LogP contribution >= 0.6 is 0 Å². The van der Waals surface area contributed by atoms with E-state index in [1.54, 1.807) is 36.3 Å². The Kier molecular flexibility index (Phi) is 11.2. The fourth-order valence-electron chi connectivity index (χ4n) is 3.89. The van der Waals surface area contributed by atoms with Gasteiger partial charge in [0.15, 0.2) is 0 Å². The zero-order valence-corrected chi connectivity index (χ0v) is 22.8. The van der Waals surface area contributed by atoms with Gasteiger partial charge in [0.1, 0.15) is 11.8 Å². The quantitative estimate of drug-likeness (QED) is 0.409. The summed E-state index contributed by atoms with van der Waals surface area (Å²) in [5.74, 6) is 0.264. The first-order chi connectivity index (χ1) is 17.1. The summed E-state index contributed by atoms with van der Waals surface area (Å²) in [6, 6.07) is 15.7. The molecule has 2 atom stereocenters. The fourth-order valence-corrected chi connectivity index (χ4v) is 4.86. The van der Waals surface area contributed by atoms with Gasteiger partial charge in [0.2, 0.25) is 21.8 Å². The Labute approximate surface area is 215 Å². The third-order valence-electron chi connectivity index (χ3n) is 6.10. The van der Waals surface area contributed by atoms with Crippen molar-refractivity contribution in [1.82, 2.24) is 10.2 Å². The van der Waals surface area contributed by atoms with Gasteiger partial charge < -0.3 is 15.0 Å². The molecule has 0 aromatic heterocycles. The number of methoxy groups -OCH3 is 1. The number of nitrogens with one attached hydrogen (secondary N) is 1. The number of hydrogen-bond acceptors (Lipinski definition) is 5. The molecule has 198 valence electrons. The Morgan fingerprint density at radius 3 is 2.17 bits per heavy atom. The topological polar surface area (TPSA) is 96.0 Å². The predicted molar refractivity (Wildman–Crippen MR) is 143 cm³/mol. The number of carbonyl (C=O) groups is 2. The fraction of sp³-hybridized carbons (Fsp3) is 0.481. The van der Waals surface area contributed by atoms with Crippen LogP contribution in [0.15, 0.2) is 54.6 Å². The largest absolute Gasteiger partial charge is 0.497 e. The molecular weight excluding hydrogens is 478 g/mol. The number of anilines is 1. The zero-order valence-electron chi connectivity index (χ0n) is 21.9. The molecule has 0 aliphatic heterocycles. The van der Waals surface area contributed by atoms with E-state index in [0.29, 0.717) is 30.8 Å². The van der Waals surface area contributed by atoms with Gasteiger partial charge in [-0.05, 0) is 56.0 Å². The lowest BCUT2D eigenvalue weighted by atomic mass is 10.1. The van der Waals surface area contributed by atoms with E-state index in [-0.39, 0.29) is 30.8 Å². The normalized spacial score (nSPS) is 12.9. The number of hydrogen-bond donors (Lipinski definition) is 1. The van der Waals surface area contributed by atoms with Gasteiger partial charge in [-0.3, -0.25) is 13.9 Å². The maximum Gasteiger partial charge on any atom is 0.243 e. The van der Waals surface area contributed by atoms with Gasteiger partial charge in [-0.2, -0.15) is 0 Å². The molecule has 0 heterocycles. The summed E-state index contributed by atoms with van der Waals surface area (Å²) in [5.41, 5.74) is 1.43. The molecule has 0 saturated carbocycles. The van der Waals surface area contributed by atoms with Crippen molar-refractivity contribution < 1.29 is 22.7 Å². The second-order valence-electron chi connectivity index (χ2n) is 8.89. The molecule has 0 aliphatic carbocycles. The SMILES string of the molecule is CC[C@@H](C)NC(=O)[C@H](CC)N(Cc1ccccc1)C(=O)CCCN(c1ccc(OC)cc1)S(C)(=O)=O. The summed E-state index contributed by atoms with van der Waals surface area (Å²) < 4.78 is 31.4. The van der Waals surface area contributed by atoms with Crippen LogP contribution in [0.3, 0.4) is 0 Å². The molecule has 2 amide bonds. The smallest absolute Gasteiger partial charge is 0.243 e. The first-order valence-electron chi connectivity index (χ1n) is 12.4. The van der Waals surface area contributed by atoms with E-state index in [9.17, 15) is 18.0 Å². The van der Waals surface area contributed by atoms with E-state index in [1.807, 2.05) is 51.1 Å².